The van der Waals surface area contributed by atoms with E-state index in [0.29, 0.717) is 18.5 Å². The Morgan fingerprint density at radius 2 is 1.92 bits per heavy atom. The number of carbonyl (C=O) groups is 1. The fourth-order valence-corrected chi connectivity index (χ4v) is 4.96. The largest absolute Gasteiger partial charge is 0.336 e. The summed E-state index contributed by atoms with van der Waals surface area (Å²) in [5, 5.41) is 2.97. The summed E-state index contributed by atoms with van der Waals surface area (Å²) in [4.78, 5) is 24.1. The molecule has 0 unspecified atom stereocenters. The molecular formula is C21H27N3OS. The fraction of sp³-hybridized carbons (Fsp3) is 0.571. The molecule has 0 aliphatic heterocycles. The van der Waals surface area contributed by atoms with Crippen LogP contribution in [0.3, 0.4) is 0 Å². The molecule has 2 saturated carbocycles. The minimum Gasteiger partial charge on any atom is -0.336 e. The first-order valence-electron chi connectivity index (χ1n) is 9.90. The molecule has 0 bridgehead atoms. The van der Waals surface area contributed by atoms with Crippen LogP contribution in [0.1, 0.15) is 57.6 Å². The Morgan fingerprint density at radius 1 is 1.19 bits per heavy atom. The third-order valence-corrected chi connectivity index (χ3v) is 6.75. The van der Waals surface area contributed by atoms with Gasteiger partial charge in [-0.1, -0.05) is 13.3 Å². The smallest absolute Gasteiger partial charge is 0.229 e. The lowest BCUT2D eigenvalue weighted by Gasteiger charge is -2.37. The van der Waals surface area contributed by atoms with Crippen LogP contribution >= 0.6 is 11.3 Å². The molecule has 2 aromatic heterocycles. The first kappa shape index (κ1) is 17.7. The zero-order chi connectivity index (χ0) is 17.9. The van der Waals surface area contributed by atoms with Crippen molar-refractivity contribution in [3.05, 3.63) is 35.6 Å². The lowest BCUT2D eigenvalue weighted by Crippen LogP contribution is -2.44. The van der Waals surface area contributed by atoms with Crippen LogP contribution in [0, 0.1) is 5.92 Å². The van der Waals surface area contributed by atoms with E-state index in [1.165, 1.54) is 44.9 Å². The number of nitrogens with zero attached hydrogens (tertiary/aromatic N) is 3. The maximum absolute atomic E-state index is 13.1. The van der Waals surface area contributed by atoms with Crippen molar-refractivity contribution in [3.63, 3.8) is 0 Å². The van der Waals surface area contributed by atoms with Gasteiger partial charge in [-0.05, 0) is 56.6 Å². The number of thiazole rings is 1. The van der Waals surface area contributed by atoms with Crippen LogP contribution in [0.2, 0.25) is 0 Å². The number of amides is 1. The van der Waals surface area contributed by atoms with Crippen LogP contribution in [0.15, 0.2) is 29.9 Å². The summed E-state index contributed by atoms with van der Waals surface area (Å²) in [7, 11) is 0. The van der Waals surface area contributed by atoms with Gasteiger partial charge in [0, 0.05) is 35.4 Å². The Balaban J connectivity index is 1.42. The Bertz CT molecular complexity index is 733. The van der Waals surface area contributed by atoms with E-state index in [2.05, 4.69) is 21.8 Å². The SMILES string of the molecule is CCC1CCC(N(C(=O)Cc2csc(-c3cccnc3)n2)C2CC2)CC1. The molecule has 0 saturated heterocycles. The van der Waals surface area contributed by atoms with Crippen molar-refractivity contribution in [3.8, 4) is 10.6 Å². The van der Waals surface area contributed by atoms with Crippen molar-refractivity contribution in [1.82, 2.24) is 14.9 Å². The molecule has 4 rings (SSSR count). The van der Waals surface area contributed by atoms with Crippen molar-refractivity contribution >= 4 is 17.2 Å². The van der Waals surface area contributed by atoms with Gasteiger partial charge in [0.25, 0.3) is 0 Å². The van der Waals surface area contributed by atoms with Crippen LogP contribution in [-0.2, 0) is 11.2 Å². The molecule has 2 heterocycles. The highest BCUT2D eigenvalue weighted by Gasteiger charge is 2.38. The van der Waals surface area contributed by atoms with E-state index in [1.807, 2.05) is 23.7 Å². The van der Waals surface area contributed by atoms with Crippen LogP contribution in [-0.4, -0.2) is 32.9 Å². The van der Waals surface area contributed by atoms with E-state index in [4.69, 9.17) is 0 Å². The number of pyridine rings is 1. The number of hydrogen-bond donors (Lipinski definition) is 0. The quantitative estimate of drug-likeness (QED) is 0.741. The highest BCUT2D eigenvalue weighted by atomic mass is 32.1. The van der Waals surface area contributed by atoms with E-state index in [9.17, 15) is 4.79 Å². The Morgan fingerprint density at radius 3 is 2.54 bits per heavy atom. The molecule has 0 spiro atoms. The molecule has 2 fully saturated rings. The Kier molecular flexibility index (Phi) is 5.34. The molecule has 0 aromatic carbocycles. The maximum atomic E-state index is 13.1. The molecule has 138 valence electrons. The predicted octanol–water partition coefficient (Wildman–Crippen LogP) is 4.71. The van der Waals surface area contributed by atoms with Gasteiger partial charge in [-0.2, -0.15) is 0 Å². The van der Waals surface area contributed by atoms with Gasteiger partial charge < -0.3 is 4.90 Å². The molecule has 2 aliphatic carbocycles. The second-order valence-corrected chi connectivity index (χ2v) is 8.54. The summed E-state index contributed by atoms with van der Waals surface area (Å²) < 4.78 is 0. The fourth-order valence-electron chi connectivity index (χ4n) is 4.15. The lowest BCUT2D eigenvalue weighted by molar-refractivity contribution is -0.134. The van der Waals surface area contributed by atoms with Gasteiger partial charge in [0.05, 0.1) is 12.1 Å². The second-order valence-electron chi connectivity index (χ2n) is 7.68. The summed E-state index contributed by atoms with van der Waals surface area (Å²) in [5.74, 6) is 1.14. The summed E-state index contributed by atoms with van der Waals surface area (Å²) in [5.41, 5.74) is 1.92. The third-order valence-electron chi connectivity index (χ3n) is 5.81. The minimum atomic E-state index is 0.274. The zero-order valence-corrected chi connectivity index (χ0v) is 16.3. The lowest BCUT2D eigenvalue weighted by atomic mass is 9.83. The van der Waals surface area contributed by atoms with Crippen molar-refractivity contribution in [1.29, 1.82) is 0 Å². The maximum Gasteiger partial charge on any atom is 0.229 e. The van der Waals surface area contributed by atoms with Crippen LogP contribution in [0.25, 0.3) is 10.6 Å². The van der Waals surface area contributed by atoms with Gasteiger partial charge in [-0.3, -0.25) is 9.78 Å². The molecule has 2 aromatic rings. The normalized spacial score (nSPS) is 23.0. The van der Waals surface area contributed by atoms with Crippen LogP contribution in [0.4, 0.5) is 0 Å². The molecule has 0 atom stereocenters. The molecule has 1 amide bonds. The molecule has 2 aliphatic rings. The average molecular weight is 370 g/mol. The van der Waals surface area contributed by atoms with Crippen LogP contribution in [0.5, 0.6) is 0 Å². The highest BCUT2D eigenvalue weighted by molar-refractivity contribution is 7.13. The molecule has 26 heavy (non-hydrogen) atoms. The number of carbonyl (C=O) groups excluding carboxylic acids is 1. The standard InChI is InChI=1S/C21H27N3OS/c1-2-15-5-7-18(8-6-15)24(19-9-10-19)20(25)12-17-14-26-21(23-17)16-4-3-11-22-13-16/h3-4,11,13-15,18-19H,2,5-10,12H2,1H3. The van der Waals surface area contributed by atoms with Gasteiger partial charge in [-0.25, -0.2) is 4.98 Å². The molecule has 4 nitrogen and oxygen atoms in total. The molecular weight excluding hydrogens is 342 g/mol. The predicted molar refractivity (Wildman–Crippen MR) is 105 cm³/mol. The van der Waals surface area contributed by atoms with E-state index in [1.54, 1.807) is 17.5 Å². The monoisotopic (exact) mass is 369 g/mol. The van der Waals surface area contributed by atoms with E-state index in [0.717, 1.165) is 22.2 Å². The van der Waals surface area contributed by atoms with E-state index >= 15 is 0 Å². The Labute approximate surface area is 159 Å². The van der Waals surface area contributed by atoms with Gasteiger partial charge in [-0.15, -0.1) is 11.3 Å². The summed E-state index contributed by atoms with van der Waals surface area (Å²) in [6.45, 7) is 2.29. The molecule has 0 N–H and O–H groups in total. The first-order chi connectivity index (χ1) is 12.7. The van der Waals surface area contributed by atoms with Crippen molar-refractivity contribution in [2.45, 2.75) is 70.4 Å². The van der Waals surface area contributed by atoms with E-state index < -0.39 is 0 Å². The molecule has 0 radical (unpaired) electrons. The second kappa shape index (κ2) is 7.87. The number of rotatable bonds is 6. The average Bonchev–Trinajstić information content (AvgIpc) is 3.40. The van der Waals surface area contributed by atoms with Crippen LogP contribution < -0.4 is 0 Å². The van der Waals surface area contributed by atoms with Crippen molar-refractivity contribution in [2.24, 2.45) is 5.92 Å². The topological polar surface area (TPSA) is 46.1 Å². The van der Waals surface area contributed by atoms with Crippen molar-refractivity contribution in [2.75, 3.05) is 0 Å². The van der Waals surface area contributed by atoms with Gasteiger partial charge in [0.1, 0.15) is 5.01 Å². The van der Waals surface area contributed by atoms with Gasteiger partial charge in [0.2, 0.25) is 5.91 Å². The zero-order valence-electron chi connectivity index (χ0n) is 15.4. The van der Waals surface area contributed by atoms with Crippen molar-refractivity contribution < 1.29 is 4.79 Å². The number of hydrogen-bond acceptors (Lipinski definition) is 4. The summed E-state index contributed by atoms with van der Waals surface area (Å²) in [6.07, 6.45) is 12.6. The van der Waals surface area contributed by atoms with Gasteiger partial charge in [0.15, 0.2) is 0 Å². The van der Waals surface area contributed by atoms with Gasteiger partial charge >= 0.3 is 0 Å². The van der Waals surface area contributed by atoms with E-state index in [-0.39, 0.29) is 5.91 Å². The Hall–Kier alpha value is -1.75. The summed E-state index contributed by atoms with van der Waals surface area (Å²) in [6, 6.07) is 4.87. The minimum absolute atomic E-state index is 0.274. The molecule has 5 heteroatoms. The number of aromatic nitrogens is 2. The highest BCUT2D eigenvalue weighted by Crippen LogP contribution is 2.36. The first-order valence-corrected chi connectivity index (χ1v) is 10.8. The summed E-state index contributed by atoms with van der Waals surface area (Å²) >= 11 is 1.60. The third kappa shape index (κ3) is 3.98.